The van der Waals surface area contributed by atoms with E-state index < -0.39 is 0 Å². The predicted octanol–water partition coefficient (Wildman–Crippen LogP) is 3.50. The minimum absolute atomic E-state index is 0.105. The molecule has 1 aromatic rings. The van der Waals surface area contributed by atoms with Gasteiger partial charge in [0.15, 0.2) is 6.61 Å². The van der Waals surface area contributed by atoms with E-state index in [1.807, 2.05) is 24.3 Å². The summed E-state index contributed by atoms with van der Waals surface area (Å²) in [6.45, 7) is 5.61. The molecule has 1 aliphatic rings. The fourth-order valence-corrected chi connectivity index (χ4v) is 3.01. The van der Waals surface area contributed by atoms with Gasteiger partial charge in [0.25, 0.3) is 0 Å². The smallest absolute Gasteiger partial charge is 0.174 e. The van der Waals surface area contributed by atoms with Crippen LogP contribution in [0.3, 0.4) is 0 Å². The molecule has 20 heavy (non-hydrogen) atoms. The molecule has 0 aromatic heterocycles. The maximum absolute atomic E-state index is 8.63. The van der Waals surface area contributed by atoms with Crippen molar-refractivity contribution in [3.63, 3.8) is 0 Å². The zero-order chi connectivity index (χ0) is 14.4. The standard InChI is InChI=1S/C17H24N2O/c1-13-6-5-8-16(14(13)2)19-12-15-7-3-4-9-17(15)20-11-10-18/h3-4,7,9,13-14,16,19H,5-6,8,11-12H2,1-2H3. The molecule has 0 radical (unpaired) electrons. The summed E-state index contributed by atoms with van der Waals surface area (Å²) in [5.41, 5.74) is 1.13. The maximum atomic E-state index is 8.63. The van der Waals surface area contributed by atoms with Gasteiger partial charge in [-0.3, -0.25) is 0 Å². The zero-order valence-electron chi connectivity index (χ0n) is 12.4. The van der Waals surface area contributed by atoms with E-state index in [1.165, 1.54) is 19.3 Å². The Balaban J connectivity index is 1.95. The van der Waals surface area contributed by atoms with Crippen LogP contribution in [0.2, 0.25) is 0 Å². The summed E-state index contributed by atoms with van der Waals surface area (Å²) in [5.74, 6) is 2.33. The van der Waals surface area contributed by atoms with Gasteiger partial charge in [-0.15, -0.1) is 0 Å². The number of rotatable bonds is 5. The molecule has 0 heterocycles. The highest BCUT2D eigenvalue weighted by molar-refractivity contribution is 5.33. The van der Waals surface area contributed by atoms with Crippen LogP contribution >= 0.6 is 0 Å². The number of nitriles is 1. The first-order valence-electron chi connectivity index (χ1n) is 7.53. The summed E-state index contributed by atoms with van der Waals surface area (Å²) < 4.78 is 5.47. The summed E-state index contributed by atoms with van der Waals surface area (Å²) in [6.07, 6.45) is 3.92. The second-order valence-corrected chi connectivity index (χ2v) is 5.81. The molecule has 3 unspecified atom stereocenters. The van der Waals surface area contributed by atoms with E-state index in [-0.39, 0.29) is 6.61 Å². The van der Waals surface area contributed by atoms with E-state index in [1.54, 1.807) is 0 Å². The minimum atomic E-state index is 0.105. The molecule has 1 saturated carbocycles. The average molecular weight is 272 g/mol. The number of nitrogens with one attached hydrogen (secondary N) is 1. The van der Waals surface area contributed by atoms with Crippen LogP contribution in [0, 0.1) is 23.2 Å². The van der Waals surface area contributed by atoms with Crippen molar-refractivity contribution in [3.8, 4) is 11.8 Å². The van der Waals surface area contributed by atoms with Crippen molar-refractivity contribution in [2.24, 2.45) is 11.8 Å². The SMILES string of the molecule is CC1CCCC(NCc2ccccc2OCC#N)C1C. The highest BCUT2D eigenvalue weighted by atomic mass is 16.5. The Kier molecular flexibility index (Phi) is 5.43. The first kappa shape index (κ1) is 14.9. The van der Waals surface area contributed by atoms with E-state index >= 15 is 0 Å². The summed E-state index contributed by atoms with van der Waals surface area (Å²) in [7, 11) is 0. The lowest BCUT2D eigenvalue weighted by Crippen LogP contribution is -2.40. The number of hydrogen-bond donors (Lipinski definition) is 1. The van der Waals surface area contributed by atoms with Crippen molar-refractivity contribution >= 4 is 0 Å². The molecule has 0 spiro atoms. The van der Waals surface area contributed by atoms with Crippen molar-refractivity contribution in [2.45, 2.75) is 45.7 Å². The molecule has 1 N–H and O–H groups in total. The van der Waals surface area contributed by atoms with Crippen molar-refractivity contribution in [1.29, 1.82) is 5.26 Å². The van der Waals surface area contributed by atoms with Crippen molar-refractivity contribution in [2.75, 3.05) is 6.61 Å². The quantitative estimate of drug-likeness (QED) is 0.892. The van der Waals surface area contributed by atoms with Gasteiger partial charge in [0.1, 0.15) is 11.8 Å². The molecule has 108 valence electrons. The molecule has 2 rings (SSSR count). The fraction of sp³-hybridized carbons (Fsp3) is 0.588. The van der Waals surface area contributed by atoms with Crippen LogP contribution in [0.15, 0.2) is 24.3 Å². The van der Waals surface area contributed by atoms with Gasteiger partial charge < -0.3 is 10.1 Å². The third-order valence-electron chi connectivity index (χ3n) is 4.53. The van der Waals surface area contributed by atoms with Crippen LogP contribution in [-0.4, -0.2) is 12.6 Å². The van der Waals surface area contributed by atoms with E-state index in [0.29, 0.717) is 6.04 Å². The molecule has 1 aliphatic carbocycles. The first-order valence-corrected chi connectivity index (χ1v) is 7.53. The predicted molar refractivity (Wildman–Crippen MR) is 80.4 cm³/mol. The second kappa shape index (κ2) is 7.31. The van der Waals surface area contributed by atoms with Gasteiger partial charge in [0.2, 0.25) is 0 Å². The van der Waals surface area contributed by atoms with Gasteiger partial charge in [-0.25, -0.2) is 0 Å². The lowest BCUT2D eigenvalue weighted by molar-refractivity contribution is 0.205. The highest BCUT2D eigenvalue weighted by Gasteiger charge is 2.26. The average Bonchev–Trinajstić information content (AvgIpc) is 2.47. The van der Waals surface area contributed by atoms with Gasteiger partial charge in [-0.05, 0) is 24.3 Å². The second-order valence-electron chi connectivity index (χ2n) is 5.81. The molecule has 3 heteroatoms. The maximum Gasteiger partial charge on any atom is 0.174 e. The normalized spacial score (nSPS) is 25.9. The topological polar surface area (TPSA) is 45.0 Å². The summed E-state index contributed by atoms with van der Waals surface area (Å²) >= 11 is 0. The van der Waals surface area contributed by atoms with Crippen LogP contribution in [-0.2, 0) is 6.54 Å². The van der Waals surface area contributed by atoms with Crippen molar-refractivity contribution < 1.29 is 4.74 Å². The molecule has 3 atom stereocenters. The first-order chi connectivity index (χ1) is 9.72. The summed E-state index contributed by atoms with van der Waals surface area (Å²) in [5, 5.41) is 12.3. The van der Waals surface area contributed by atoms with Crippen LogP contribution in [0.25, 0.3) is 0 Å². The van der Waals surface area contributed by atoms with Crippen LogP contribution in [0.1, 0.15) is 38.7 Å². The highest BCUT2D eigenvalue weighted by Crippen LogP contribution is 2.30. The van der Waals surface area contributed by atoms with Gasteiger partial charge in [0, 0.05) is 18.2 Å². The lowest BCUT2D eigenvalue weighted by atomic mass is 9.78. The summed E-state index contributed by atoms with van der Waals surface area (Å²) in [4.78, 5) is 0. The number of nitrogens with zero attached hydrogens (tertiary/aromatic N) is 1. The van der Waals surface area contributed by atoms with Gasteiger partial charge >= 0.3 is 0 Å². The Bertz CT molecular complexity index is 466. The molecule has 1 fully saturated rings. The van der Waals surface area contributed by atoms with Crippen LogP contribution in [0.5, 0.6) is 5.75 Å². The van der Waals surface area contributed by atoms with E-state index in [4.69, 9.17) is 10.00 Å². The molecular formula is C17H24N2O. The summed E-state index contributed by atoms with van der Waals surface area (Å²) in [6, 6.07) is 10.6. The van der Waals surface area contributed by atoms with Crippen LogP contribution < -0.4 is 10.1 Å². The Morgan fingerprint density at radius 2 is 2.10 bits per heavy atom. The molecule has 1 aromatic carbocycles. The molecule has 0 amide bonds. The number of hydrogen-bond acceptors (Lipinski definition) is 3. The van der Waals surface area contributed by atoms with Crippen LogP contribution in [0.4, 0.5) is 0 Å². The monoisotopic (exact) mass is 272 g/mol. The molecule has 0 bridgehead atoms. The van der Waals surface area contributed by atoms with Gasteiger partial charge in [-0.1, -0.05) is 44.9 Å². The lowest BCUT2D eigenvalue weighted by Gasteiger charge is -2.35. The van der Waals surface area contributed by atoms with Crippen molar-refractivity contribution in [3.05, 3.63) is 29.8 Å². The Morgan fingerprint density at radius 3 is 2.90 bits per heavy atom. The zero-order valence-corrected chi connectivity index (χ0v) is 12.4. The number of para-hydroxylation sites is 1. The van der Waals surface area contributed by atoms with Gasteiger partial charge in [-0.2, -0.15) is 5.26 Å². The number of benzene rings is 1. The van der Waals surface area contributed by atoms with E-state index in [2.05, 4.69) is 25.2 Å². The molecule has 0 saturated heterocycles. The van der Waals surface area contributed by atoms with Crippen molar-refractivity contribution in [1.82, 2.24) is 5.32 Å². The Morgan fingerprint density at radius 1 is 1.30 bits per heavy atom. The molecule has 0 aliphatic heterocycles. The third kappa shape index (κ3) is 3.74. The fourth-order valence-electron chi connectivity index (χ4n) is 3.01. The molecule has 3 nitrogen and oxygen atoms in total. The Hall–Kier alpha value is -1.53. The van der Waals surface area contributed by atoms with Gasteiger partial charge in [0.05, 0.1) is 0 Å². The third-order valence-corrected chi connectivity index (χ3v) is 4.53. The minimum Gasteiger partial charge on any atom is -0.478 e. The Labute approximate surface area is 121 Å². The molecular weight excluding hydrogens is 248 g/mol. The number of ether oxygens (including phenoxy) is 1. The largest absolute Gasteiger partial charge is 0.478 e. The van der Waals surface area contributed by atoms with E-state index in [9.17, 15) is 0 Å². The van der Waals surface area contributed by atoms with E-state index in [0.717, 1.165) is 29.7 Å².